The van der Waals surface area contributed by atoms with Gasteiger partial charge in [0.25, 0.3) is 0 Å². The van der Waals surface area contributed by atoms with Crippen molar-refractivity contribution in [2.75, 3.05) is 19.6 Å². The molecule has 0 fully saturated rings. The third kappa shape index (κ3) is 3.81. The average molecular weight is 275 g/mol. The summed E-state index contributed by atoms with van der Waals surface area (Å²) in [6.45, 7) is 7.58. The highest BCUT2D eigenvalue weighted by molar-refractivity contribution is 5.78. The SMILES string of the molecule is CCCN(CCC)CCC(O)c1ccc2[nH]ncc2c1. The number of aliphatic hydroxyl groups excluding tert-OH is 1. The normalized spacial score (nSPS) is 13.2. The van der Waals surface area contributed by atoms with Gasteiger partial charge in [-0.1, -0.05) is 19.9 Å². The van der Waals surface area contributed by atoms with Gasteiger partial charge in [0.2, 0.25) is 0 Å². The van der Waals surface area contributed by atoms with Gasteiger partial charge < -0.3 is 10.0 Å². The summed E-state index contributed by atoms with van der Waals surface area (Å²) < 4.78 is 0. The van der Waals surface area contributed by atoms with E-state index in [9.17, 15) is 5.11 Å². The summed E-state index contributed by atoms with van der Waals surface area (Å²) in [5.41, 5.74) is 1.99. The quantitative estimate of drug-likeness (QED) is 0.778. The molecule has 0 aliphatic heterocycles. The number of aromatic nitrogens is 2. The number of aliphatic hydroxyl groups is 1. The van der Waals surface area contributed by atoms with Gasteiger partial charge in [0, 0.05) is 11.9 Å². The van der Waals surface area contributed by atoms with Crippen LogP contribution >= 0.6 is 0 Å². The smallest absolute Gasteiger partial charge is 0.0802 e. The van der Waals surface area contributed by atoms with Crippen LogP contribution in [0.5, 0.6) is 0 Å². The Morgan fingerprint density at radius 2 is 1.95 bits per heavy atom. The fraction of sp³-hybridized carbons (Fsp3) is 0.562. The second-order valence-electron chi connectivity index (χ2n) is 5.36. The molecule has 4 nitrogen and oxygen atoms in total. The van der Waals surface area contributed by atoms with E-state index in [-0.39, 0.29) is 0 Å². The Bertz CT molecular complexity index is 517. The van der Waals surface area contributed by atoms with E-state index in [0.29, 0.717) is 0 Å². The van der Waals surface area contributed by atoms with Gasteiger partial charge in [0.15, 0.2) is 0 Å². The molecule has 0 spiro atoms. The van der Waals surface area contributed by atoms with E-state index in [0.717, 1.165) is 55.4 Å². The van der Waals surface area contributed by atoms with Crippen molar-refractivity contribution in [2.45, 2.75) is 39.2 Å². The van der Waals surface area contributed by atoms with Crippen LogP contribution in [0.3, 0.4) is 0 Å². The molecule has 0 aliphatic rings. The van der Waals surface area contributed by atoms with E-state index >= 15 is 0 Å². The Hall–Kier alpha value is -1.39. The third-order valence-electron chi connectivity index (χ3n) is 3.65. The number of benzene rings is 1. The molecule has 1 aromatic carbocycles. The second kappa shape index (κ2) is 7.41. The Kier molecular flexibility index (Phi) is 5.56. The Labute approximate surface area is 120 Å². The van der Waals surface area contributed by atoms with Gasteiger partial charge in [-0.3, -0.25) is 5.10 Å². The van der Waals surface area contributed by atoms with E-state index < -0.39 is 6.10 Å². The predicted molar refractivity (Wildman–Crippen MR) is 82.7 cm³/mol. The Morgan fingerprint density at radius 3 is 2.65 bits per heavy atom. The van der Waals surface area contributed by atoms with Crippen LogP contribution in [0.25, 0.3) is 10.9 Å². The van der Waals surface area contributed by atoms with Crippen molar-refractivity contribution in [1.82, 2.24) is 15.1 Å². The lowest BCUT2D eigenvalue weighted by Crippen LogP contribution is -2.27. The largest absolute Gasteiger partial charge is 0.388 e. The zero-order chi connectivity index (χ0) is 14.4. The Balaban J connectivity index is 1.94. The van der Waals surface area contributed by atoms with Crippen molar-refractivity contribution in [1.29, 1.82) is 0 Å². The number of hydrogen-bond donors (Lipinski definition) is 2. The molecule has 4 heteroatoms. The standard InChI is InChI=1S/C16H25N3O/c1-3-8-19(9-4-2)10-7-16(20)13-5-6-15-14(11-13)12-17-18-15/h5-6,11-12,16,20H,3-4,7-10H2,1-2H3,(H,17,18). The molecule has 0 amide bonds. The zero-order valence-corrected chi connectivity index (χ0v) is 12.5. The van der Waals surface area contributed by atoms with Gasteiger partial charge >= 0.3 is 0 Å². The highest BCUT2D eigenvalue weighted by atomic mass is 16.3. The number of hydrogen-bond acceptors (Lipinski definition) is 3. The van der Waals surface area contributed by atoms with Gasteiger partial charge in [-0.05, 0) is 50.0 Å². The molecule has 1 unspecified atom stereocenters. The van der Waals surface area contributed by atoms with E-state index in [1.165, 1.54) is 0 Å². The molecule has 1 heterocycles. The van der Waals surface area contributed by atoms with Crippen LogP contribution in [0.4, 0.5) is 0 Å². The lowest BCUT2D eigenvalue weighted by molar-refractivity contribution is 0.142. The number of H-pyrrole nitrogens is 1. The summed E-state index contributed by atoms with van der Waals surface area (Å²) in [7, 11) is 0. The minimum atomic E-state index is -0.398. The second-order valence-corrected chi connectivity index (χ2v) is 5.36. The molecule has 2 rings (SSSR count). The molecule has 1 aromatic heterocycles. The number of nitrogens with zero attached hydrogens (tertiary/aromatic N) is 2. The zero-order valence-electron chi connectivity index (χ0n) is 12.5. The van der Waals surface area contributed by atoms with Crippen molar-refractivity contribution in [2.24, 2.45) is 0 Å². The fourth-order valence-electron chi connectivity index (χ4n) is 2.61. The fourth-order valence-corrected chi connectivity index (χ4v) is 2.61. The number of aromatic amines is 1. The molecule has 0 aliphatic carbocycles. The molecule has 0 saturated heterocycles. The average Bonchev–Trinajstić information content (AvgIpc) is 2.92. The van der Waals surface area contributed by atoms with Crippen molar-refractivity contribution >= 4 is 10.9 Å². The summed E-state index contributed by atoms with van der Waals surface area (Å²) in [6.07, 6.45) is 4.51. The van der Waals surface area contributed by atoms with Crippen LogP contribution in [0.15, 0.2) is 24.4 Å². The Morgan fingerprint density at radius 1 is 1.20 bits per heavy atom. The minimum absolute atomic E-state index is 0.398. The number of nitrogens with one attached hydrogen (secondary N) is 1. The molecule has 1 atom stereocenters. The lowest BCUT2D eigenvalue weighted by Gasteiger charge is -2.22. The summed E-state index contributed by atoms with van der Waals surface area (Å²) in [5.74, 6) is 0. The maximum absolute atomic E-state index is 10.3. The van der Waals surface area contributed by atoms with E-state index in [1.807, 2.05) is 18.2 Å². The molecular weight excluding hydrogens is 250 g/mol. The van der Waals surface area contributed by atoms with E-state index in [1.54, 1.807) is 6.20 Å². The van der Waals surface area contributed by atoms with Crippen LogP contribution < -0.4 is 0 Å². The summed E-state index contributed by atoms with van der Waals surface area (Å²) in [5, 5.41) is 18.3. The van der Waals surface area contributed by atoms with Gasteiger partial charge in [0.1, 0.15) is 0 Å². The van der Waals surface area contributed by atoms with Crippen LogP contribution in [0.2, 0.25) is 0 Å². The first-order chi connectivity index (χ1) is 9.74. The van der Waals surface area contributed by atoms with Crippen molar-refractivity contribution < 1.29 is 5.11 Å². The van der Waals surface area contributed by atoms with E-state index in [2.05, 4.69) is 28.9 Å². The van der Waals surface area contributed by atoms with Crippen LogP contribution in [0.1, 0.15) is 44.8 Å². The van der Waals surface area contributed by atoms with Crippen molar-refractivity contribution in [3.8, 4) is 0 Å². The van der Waals surface area contributed by atoms with Gasteiger partial charge in [0.05, 0.1) is 17.8 Å². The number of fused-ring (bicyclic) bond motifs is 1. The predicted octanol–water partition coefficient (Wildman–Crippen LogP) is 3.11. The minimum Gasteiger partial charge on any atom is -0.388 e. The van der Waals surface area contributed by atoms with Crippen LogP contribution in [-0.4, -0.2) is 39.8 Å². The van der Waals surface area contributed by atoms with Gasteiger partial charge in [-0.2, -0.15) is 5.10 Å². The van der Waals surface area contributed by atoms with Gasteiger partial charge in [-0.15, -0.1) is 0 Å². The molecule has 2 aromatic rings. The highest BCUT2D eigenvalue weighted by Crippen LogP contribution is 2.21. The molecule has 0 radical (unpaired) electrons. The lowest BCUT2D eigenvalue weighted by atomic mass is 10.0. The van der Waals surface area contributed by atoms with Gasteiger partial charge in [-0.25, -0.2) is 0 Å². The highest BCUT2D eigenvalue weighted by Gasteiger charge is 2.11. The molecule has 0 bridgehead atoms. The van der Waals surface area contributed by atoms with Crippen molar-refractivity contribution in [3.63, 3.8) is 0 Å². The maximum Gasteiger partial charge on any atom is 0.0802 e. The monoisotopic (exact) mass is 275 g/mol. The number of rotatable bonds is 8. The summed E-state index contributed by atoms with van der Waals surface area (Å²) >= 11 is 0. The molecule has 20 heavy (non-hydrogen) atoms. The molecule has 0 saturated carbocycles. The van der Waals surface area contributed by atoms with Crippen molar-refractivity contribution in [3.05, 3.63) is 30.0 Å². The molecular formula is C16H25N3O. The summed E-state index contributed by atoms with van der Waals surface area (Å²) in [4.78, 5) is 2.43. The molecule has 110 valence electrons. The topological polar surface area (TPSA) is 52.1 Å². The first-order valence-corrected chi connectivity index (χ1v) is 7.58. The molecule has 2 N–H and O–H groups in total. The van der Waals surface area contributed by atoms with Crippen LogP contribution in [0, 0.1) is 0 Å². The first kappa shape index (κ1) is 15.0. The maximum atomic E-state index is 10.3. The third-order valence-corrected chi connectivity index (χ3v) is 3.65. The van der Waals surface area contributed by atoms with E-state index in [4.69, 9.17) is 0 Å². The summed E-state index contributed by atoms with van der Waals surface area (Å²) in [6, 6.07) is 5.99. The van der Waals surface area contributed by atoms with Crippen LogP contribution in [-0.2, 0) is 0 Å². The first-order valence-electron chi connectivity index (χ1n) is 7.58.